The summed E-state index contributed by atoms with van der Waals surface area (Å²) in [4.78, 5) is 11.9. The van der Waals surface area contributed by atoms with E-state index in [9.17, 15) is 4.79 Å². The van der Waals surface area contributed by atoms with Gasteiger partial charge in [0.05, 0.1) is 0 Å². The van der Waals surface area contributed by atoms with Crippen LogP contribution in [0.5, 0.6) is 0 Å². The second kappa shape index (κ2) is 5.94. The van der Waals surface area contributed by atoms with Crippen molar-refractivity contribution in [2.75, 3.05) is 25.0 Å². The zero-order valence-corrected chi connectivity index (χ0v) is 11.5. The lowest BCUT2D eigenvalue weighted by Gasteiger charge is -2.19. The topological polar surface area (TPSA) is 76.1 Å². The molecule has 2 fully saturated rings. The summed E-state index contributed by atoms with van der Waals surface area (Å²) in [7, 11) is 0. The minimum absolute atomic E-state index is 0.0921. The van der Waals surface area contributed by atoms with Crippen molar-refractivity contribution >= 4 is 22.4 Å². The monoisotopic (exact) mass is 282 g/mol. The summed E-state index contributed by atoms with van der Waals surface area (Å²) in [5.74, 6) is 0.387. The molecule has 2 aliphatic heterocycles. The molecule has 2 N–H and O–H groups in total. The number of anilines is 1. The molecule has 0 aromatic carbocycles. The first kappa shape index (κ1) is 13.0. The maximum atomic E-state index is 11.9. The Labute approximate surface area is 115 Å². The summed E-state index contributed by atoms with van der Waals surface area (Å²) in [6.07, 6.45) is 3.62. The van der Waals surface area contributed by atoms with Crippen molar-refractivity contribution in [3.8, 4) is 0 Å². The van der Waals surface area contributed by atoms with Gasteiger partial charge >= 0.3 is 0 Å². The van der Waals surface area contributed by atoms with Crippen LogP contribution in [-0.2, 0) is 9.53 Å². The Hall–Kier alpha value is -1.05. The van der Waals surface area contributed by atoms with Gasteiger partial charge in [-0.15, -0.1) is 10.2 Å². The summed E-state index contributed by atoms with van der Waals surface area (Å²) in [6.45, 7) is 2.73. The normalized spacial score (nSPS) is 24.5. The first-order valence-corrected chi connectivity index (χ1v) is 7.61. The first-order chi connectivity index (χ1) is 9.33. The quantitative estimate of drug-likeness (QED) is 0.869. The average Bonchev–Trinajstić information content (AvgIpc) is 3.11. The molecule has 1 unspecified atom stereocenters. The van der Waals surface area contributed by atoms with Crippen LogP contribution in [-0.4, -0.2) is 41.9 Å². The third kappa shape index (κ3) is 3.10. The van der Waals surface area contributed by atoms with Gasteiger partial charge in [0.2, 0.25) is 5.13 Å². The van der Waals surface area contributed by atoms with Crippen molar-refractivity contribution in [1.29, 1.82) is 0 Å². The van der Waals surface area contributed by atoms with E-state index in [0.29, 0.717) is 17.7 Å². The van der Waals surface area contributed by atoms with Gasteiger partial charge in [-0.25, -0.2) is 0 Å². The molecule has 19 heavy (non-hydrogen) atoms. The van der Waals surface area contributed by atoms with Crippen LogP contribution < -0.4 is 10.6 Å². The molecule has 1 amide bonds. The number of aromatic nitrogens is 2. The highest BCUT2D eigenvalue weighted by Gasteiger charge is 2.25. The van der Waals surface area contributed by atoms with Gasteiger partial charge in [0.1, 0.15) is 11.1 Å². The highest BCUT2D eigenvalue weighted by atomic mass is 32.1. The molecule has 7 heteroatoms. The average molecular weight is 282 g/mol. The molecule has 1 aromatic heterocycles. The molecule has 0 spiro atoms. The minimum atomic E-state index is -0.314. The van der Waals surface area contributed by atoms with Crippen LogP contribution in [0.1, 0.15) is 36.6 Å². The highest BCUT2D eigenvalue weighted by Crippen LogP contribution is 2.29. The van der Waals surface area contributed by atoms with E-state index in [2.05, 4.69) is 20.8 Å². The Kier molecular flexibility index (Phi) is 4.05. The molecule has 0 radical (unpaired) electrons. The fourth-order valence-corrected chi connectivity index (χ4v) is 3.40. The fraction of sp³-hybridized carbons (Fsp3) is 0.750. The Morgan fingerprint density at radius 3 is 2.89 bits per heavy atom. The summed E-state index contributed by atoms with van der Waals surface area (Å²) in [6, 6.07) is 0. The van der Waals surface area contributed by atoms with Crippen molar-refractivity contribution in [2.24, 2.45) is 0 Å². The Balaban J connectivity index is 1.59. The van der Waals surface area contributed by atoms with E-state index in [1.54, 1.807) is 0 Å². The van der Waals surface area contributed by atoms with Crippen molar-refractivity contribution in [1.82, 2.24) is 15.5 Å². The summed E-state index contributed by atoms with van der Waals surface area (Å²) in [5, 5.41) is 16.0. The number of piperidine rings is 1. The lowest BCUT2D eigenvalue weighted by Crippen LogP contribution is -2.26. The van der Waals surface area contributed by atoms with Crippen LogP contribution in [0.4, 0.5) is 5.13 Å². The van der Waals surface area contributed by atoms with E-state index in [1.807, 2.05) is 0 Å². The second-order valence-corrected chi connectivity index (χ2v) is 5.97. The number of nitrogens with zero attached hydrogens (tertiary/aromatic N) is 2. The van der Waals surface area contributed by atoms with Gasteiger partial charge in [0, 0.05) is 12.5 Å². The van der Waals surface area contributed by atoms with Crippen LogP contribution in [0.25, 0.3) is 0 Å². The molecular formula is C12H18N4O2S. The van der Waals surface area contributed by atoms with Gasteiger partial charge in [-0.05, 0) is 38.8 Å². The standard InChI is InChI=1S/C12H18N4O2S/c17-10(9-2-1-7-18-9)14-12-16-15-11(19-12)8-3-5-13-6-4-8/h8-9,13H,1-7H2,(H,14,16,17). The van der Waals surface area contributed by atoms with E-state index in [-0.39, 0.29) is 12.0 Å². The Morgan fingerprint density at radius 2 is 2.16 bits per heavy atom. The molecule has 1 atom stereocenters. The van der Waals surface area contributed by atoms with Gasteiger partial charge in [-0.2, -0.15) is 0 Å². The van der Waals surface area contributed by atoms with Crippen molar-refractivity contribution in [2.45, 2.75) is 37.7 Å². The molecule has 1 aromatic rings. The predicted octanol–water partition coefficient (Wildman–Crippen LogP) is 1.12. The summed E-state index contributed by atoms with van der Waals surface area (Å²) in [5.41, 5.74) is 0. The molecule has 2 saturated heterocycles. The lowest BCUT2D eigenvalue weighted by molar-refractivity contribution is -0.124. The number of carbonyl (C=O) groups excluding carboxylic acids is 1. The zero-order valence-electron chi connectivity index (χ0n) is 10.7. The molecule has 3 heterocycles. The molecule has 3 rings (SSSR count). The maximum Gasteiger partial charge on any atom is 0.255 e. The number of ether oxygens (including phenoxy) is 1. The smallest absolute Gasteiger partial charge is 0.255 e. The van der Waals surface area contributed by atoms with E-state index in [1.165, 1.54) is 11.3 Å². The SMILES string of the molecule is O=C(Nc1nnc(C2CCNCC2)s1)C1CCCO1. The summed E-state index contributed by atoms with van der Waals surface area (Å²) >= 11 is 1.49. The van der Waals surface area contributed by atoms with Gasteiger partial charge in [0.25, 0.3) is 5.91 Å². The van der Waals surface area contributed by atoms with Crippen molar-refractivity contribution < 1.29 is 9.53 Å². The molecule has 104 valence electrons. The van der Waals surface area contributed by atoms with E-state index in [0.717, 1.165) is 43.8 Å². The van der Waals surface area contributed by atoms with Crippen molar-refractivity contribution in [3.63, 3.8) is 0 Å². The number of rotatable bonds is 3. The van der Waals surface area contributed by atoms with Gasteiger partial charge < -0.3 is 10.1 Å². The molecular weight excluding hydrogens is 264 g/mol. The minimum Gasteiger partial charge on any atom is -0.368 e. The van der Waals surface area contributed by atoms with Gasteiger partial charge in [-0.3, -0.25) is 10.1 Å². The van der Waals surface area contributed by atoms with Gasteiger partial charge in [-0.1, -0.05) is 11.3 Å². The van der Waals surface area contributed by atoms with Crippen molar-refractivity contribution in [3.05, 3.63) is 5.01 Å². The van der Waals surface area contributed by atoms with E-state index < -0.39 is 0 Å². The maximum absolute atomic E-state index is 11.9. The number of amides is 1. The molecule has 2 aliphatic rings. The molecule has 0 saturated carbocycles. The molecule has 0 aliphatic carbocycles. The van der Waals surface area contributed by atoms with Crippen LogP contribution >= 0.6 is 11.3 Å². The zero-order chi connectivity index (χ0) is 13.1. The second-order valence-electron chi connectivity index (χ2n) is 4.96. The molecule has 6 nitrogen and oxygen atoms in total. The van der Waals surface area contributed by atoms with Gasteiger partial charge in [0.15, 0.2) is 0 Å². The number of carbonyl (C=O) groups is 1. The lowest BCUT2D eigenvalue weighted by atomic mass is 9.99. The fourth-order valence-electron chi connectivity index (χ4n) is 2.49. The van der Waals surface area contributed by atoms with Crippen LogP contribution in [0.3, 0.4) is 0 Å². The Morgan fingerprint density at radius 1 is 1.32 bits per heavy atom. The van der Waals surface area contributed by atoms with Crippen LogP contribution in [0.2, 0.25) is 0 Å². The van der Waals surface area contributed by atoms with E-state index in [4.69, 9.17) is 4.74 Å². The highest BCUT2D eigenvalue weighted by molar-refractivity contribution is 7.15. The largest absolute Gasteiger partial charge is 0.368 e. The number of nitrogens with one attached hydrogen (secondary N) is 2. The van der Waals surface area contributed by atoms with E-state index >= 15 is 0 Å². The summed E-state index contributed by atoms with van der Waals surface area (Å²) < 4.78 is 5.35. The predicted molar refractivity (Wildman–Crippen MR) is 72.4 cm³/mol. The first-order valence-electron chi connectivity index (χ1n) is 6.79. The third-order valence-electron chi connectivity index (χ3n) is 3.58. The number of hydrogen-bond donors (Lipinski definition) is 2. The third-order valence-corrected chi connectivity index (χ3v) is 4.58. The Bertz CT molecular complexity index is 439. The number of hydrogen-bond acceptors (Lipinski definition) is 6. The molecule has 0 bridgehead atoms. The van der Waals surface area contributed by atoms with Crippen LogP contribution in [0.15, 0.2) is 0 Å². The van der Waals surface area contributed by atoms with Crippen LogP contribution in [0, 0.1) is 0 Å².